The Bertz CT molecular complexity index is 937. The van der Waals surface area contributed by atoms with Crippen LogP contribution in [0.1, 0.15) is 24.8 Å². The summed E-state index contributed by atoms with van der Waals surface area (Å²) in [5.74, 6) is 0.843. The van der Waals surface area contributed by atoms with Crippen molar-refractivity contribution in [2.24, 2.45) is 5.41 Å². The number of carbonyl (C=O) groups is 2. The van der Waals surface area contributed by atoms with E-state index in [1.165, 1.54) is 0 Å². The SMILES string of the molecule is CNC(=O)[C@]1(Cc2ccc(-c3ccccc3OC)cc2)CCN(C(=O)[C@@H]2CCCO2)C1. The molecule has 0 radical (unpaired) electrons. The van der Waals surface area contributed by atoms with Crippen molar-refractivity contribution < 1.29 is 19.1 Å². The summed E-state index contributed by atoms with van der Waals surface area (Å²) in [6, 6.07) is 16.2. The third-order valence-corrected chi connectivity index (χ3v) is 6.49. The second-order valence-corrected chi connectivity index (χ2v) is 8.44. The molecule has 0 unspecified atom stereocenters. The molecule has 164 valence electrons. The third kappa shape index (κ3) is 4.30. The molecular weight excluding hydrogens is 392 g/mol. The molecule has 4 rings (SSSR count). The number of hydrogen-bond acceptors (Lipinski definition) is 4. The molecule has 2 fully saturated rings. The van der Waals surface area contributed by atoms with E-state index >= 15 is 0 Å². The normalized spacial score (nSPS) is 23.0. The Balaban J connectivity index is 1.52. The summed E-state index contributed by atoms with van der Waals surface area (Å²) in [6.07, 6.45) is 2.59. The maximum Gasteiger partial charge on any atom is 0.251 e. The summed E-state index contributed by atoms with van der Waals surface area (Å²) in [5, 5.41) is 2.82. The molecule has 0 aromatic heterocycles. The van der Waals surface area contributed by atoms with Crippen molar-refractivity contribution in [3.63, 3.8) is 0 Å². The van der Waals surface area contributed by atoms with E-state index in [0.717, 1.165) is 35.3 Å². The standard InChI is InChI=1S/C25H30N2O4/c1-26-24(29)25(13-14-27(17-25)23(28)22-8-5-15-31-22)16-18-9-11-19(12-10-18)20-6-3-4-7-21(20)30-2/h3-4,6-7,9-12,22H,5,8,13-17H2,1-2H3,(H,26,29)/t22-,25-/m0/s1. The molecule has 2 aliphatic heterocycles. The maximum absolute atomic E-state index is 12.9. The molecule has 2 heterocycles. The average Bonchev–Trinajstić information content (AvgIpc) is 3.50. The Morgan fingerprint density at radius 2 is 1.97 bits per heavy atom. The van der Waals surface area contributed by atoms with Gasteiger partial charge in [0.25, 0.3) is 5.91 Å². The lowest BCUT2D eigenvalue weighted by atomic mass is 9.79. The lowest BCUT2D eigenvalue weighted by Crippen LogP contribution is -2.45. The van der Waals surface area contributed by atoms with Crippen LogP contribution in [0.3, 0.4) is 0 Å². The third-order valence-electron chi connectivity index (χ3n) is 6.49. The number of hydrogen-bond donors (Lipinski definition) is 1. The first-order valence-electron chi connectivity index (χ1n) is 10.9. The summed E-state index contributed by atoms with van der Waals surface area (Å²) < 4.78 is 11.0. The van der Waals surface area contributed by atoms with Crippen LogP contribution in [0.4, 0.5) is 0 Å². The van der Waals surface area contributed by atoms with E-state index in [1.54, 1.807) is 14.2 Å². The van der Waals surface area contributed by atoms with Gasteiger partial charge in [-0.3, -0.25) is 9.59 Å². The Labute approximate surface area is 183 Å². The van der Waals surface area contributed by atoms with Gasteiger partial charge in [-0.25, -0.2) is 0 Å². The van der Waals surface area contributed by atoms with Crippen LogP contribution >= 0.6 is 0 Å². The minimum Gasteiger partial charge on any atom is -0.496 e. The number of nitrogens with zero attached hydrogens (tertiary/aromatic N) is 1. The van der Waals surface area contributed by atoms with Gasteiger partial charge < -0.3 is 19.7 Å². The highest BCUT2D eigenvalue weighted by Crippen LogP contribution is 2.37. The highest BCUT2D eigenvalue weighted by Gasteiger charge is 2.46. The number of rotatable bonds is 6. The molecule has 2 aliphatic rings. The number of nitrogens with one attached hydrogen (secondary N) is 1. The number of para-hydroxylation sites is 1. The first kappa shape index (κ1) is 21.4. The molecule has 0 saturated carbocycles. The van der Waals surface area contributed by atoms with Crippen LogP contribution < -0.4 is 10.1 Å². The predicted octanol–water partition coefficient (Wildman–Crippen LogP) is 3.05. The Morgan fingerprint density at radius 3 is 2.65 bits per heavy atom. The minimum atomic E-state index is -0.616. The summed E-state index contributed by atoms with van der Waals surface area (Å²) in [5.41, 5.74) is 2.56. The first-order valence-corrected chi connectivity index (χ1v) is 10.9. The zero-order chi connectivity index (χ0) is 21.8. The van der Waals surface area contributed by atoms with Gasteiger partial charge in [0.2, 0.25) is 5.91 Å². The van der Waals surface area contributed by atoms with Crippen LogP contribution in [-0.4, -0.2) is 56.7 Å². The molecule has 2 amide bonds. The van der Waals surface area contributed by atoms with Gasteiger partial charge in [0.1, 0.15) is 11.9 Å². The second-order valence-electron chi connectivity index (χ2n) is 8.44. The summed E-state index contributed by atoms with van der Waals surface area (Å²) in [7, 11) is 3.34. The number of carbonyl (C=O) groups excluding carboxylic acids is 2. The van der Waals surface area contributed by atoms with Crippen LogP contribution in [0.15, 0.2) is 48.5 Å². The van der Waals surface area contributed by atoms with Gasteiger partial charge in [-0.1, -0.05) is 42.5 Å². The first-order chi connectivity index (χ1) is 15.1. The number of ether oxygens (including phenoxy) is 2. The Kier molecular flexibility index (Phi) is 6.28. The van der Waals surface area contributed by atoms with Crippen molar-refractivity contribution in [3.05, 3.63) is 54.1 Å². The second kappa shape index (κ2) is 9.10. The van der Waals surface area contributed by atoms with Crippen molar-refractivity contribution in [2.45, 2.75) is 31.8 Å². The molecule has 2 aromatic carbocycles. The lowest BCUT2D eigenvalue weighted by molar-refractivity contribution is -0.140. The van der Waals surface area contributed by atoms with Gasteiger partial charge in [0, 0.05) is 32.3 Å². The molecule has 1 N–H and O–H groups in total. The van der Waals surface area contributed by atoms with Crippen LogP contribution in [-0.2, 0) is 20.7 Å². The molecule has 0 spiro atoms. The lowest BCUT2D eigenvalue weighted by Gasteiger charge is -2.28. The van der Waals surface area contributed by atoms with Crippen LogP contribution in [0.5, 0.6) is 5.75 Å². The zero-order valence-electron chi connectivity index (χ0n) is 18.2. The van der Waals surface area contributed by atoms with Crippen LogP contribution in [0.25, 0.3) is 11.1 Å². The highest BCUT2D eigenvalue weighted by atomic mass is 16.5. The molecule has 0 bridgehead atoms. The maximum atomic E-state index is 12.9. The zero-order valence-corrected chi connectivity index (χ0v) is 18.2. The molecule has 31 heavy (non-hydrogen) atoms. The fraction of sp³-hybridized carbons (Fsp3) is 0.440. The molecule has 0 aliphatic carbocycles. The molecule has 2 saturated heterocycles. The van der Waals surface area contributed by atoms with E-state index < -0.39 is 5.41 Å². The van der Waals surface area contributed by atoms with Gasteiger partial charge in [-0.15, -0.1) is 0 Å². The van der Waals surface area contributed by atoms with E-state index in [9.17, 15) is 9.59 Å². The van der Waals surface area contributed by atoms with Crippen molar-refractivity contribution in [2.75, 3.05) is 33.9 Å². The van der Waals surface area contributed by atoms with Gasteiger partial charge >= 0.3 is 0 Å². The van der Waals surface area contributed by atoms with Crippen LogP contribution in [0, 0.1) is 5.41 Å². The Hall–Kier alpha value is -2.86. The number of methoxy groups -OCH3 is 1. The van der Waals surface area contributed by atoms with Crippen molar-refractivity contribution in [1.29, 1.82) is 0 Å². The van der Waals surface area contributed by atoms with E-state index in [2.05, 4.69) is 29.6 Å². The van der Waals surface area contributed by atoms with E-state index in [-0.39, 0.29) is 17.9 Å². The van der Waals surface area contributed by atoms with Gasteiger partial charge in [0.05, 0.1) is 12.5 Å². The largest absolute Gasteiger partial charge is 0.496 e. The molecule has 2 aromatic rings. The van der Waals surface area contributed by atoms with E-state index in [0.29, 0.717) is 32.5 Å². The molecule has 6 nitrogen and oxygen atoms in total. The van der Waals surface area contributed by atoms with Crippen molar-refractivity contribution in [3.8, 4) is 16.9 Å². The summed E-state index contributed by atoms with van der Waals surface area (Å²) in [6.45, 7) is 1.66. The van der Waals surface area contributed by atoms with Gasteiger partial charge in [0.15, 0.2) is 0 Å². The predicted molar refractivity (Wildman–Crippen MR) is 119 cm³/mol. The number of likely N-dealkylation sites (tertiary alicyclic amines) is 1. The van der Waals surface area contributed by atoms with Gasteiger partial charge in [-0.2, -0.15) is 0 Å². The monoisotopic (exact) mass is 422 g/mol. The molecular formula is C25H30N2O4. The quantitative estimate of drug-likeness (QED) is 0.777. The van der Waals surface area contributed by atoms with E-state index in [4.69, 9.17) is 9.47 Å². The minimum absolute atomic E-state index is 0.0102. The molecule has 6 heteroatoms. The van der Waals surface area contributed by atoms with Gasteiger partial charge in [-0.05, 0) is 42.9 Å². The van der Waals surface area contributed by atoms with E-state index in [1.807, 2.05) is 29.2 Å². The fourth-order valence-corrected chi connectivity index (χ4v) is 4.79. The van der Waals surface area contributed by atoms with Crippen molar-refractivity contribution >= 4 is 11.8 Å². The summed E-state index contributed by atoms with van der Waals surface area (Å²) >= 11 is 0. The van der Waals surface area contributed by atoms with Crippen LogP contribution in [0.2, 0.25) is 0 Å². The highest BCUT2D eigenvalue weighted by molar-refractivity contribution is 5.87. The fourth-order valence-electron chi connectivity index (χ4n) is 4.79. The topological polar surface area (TPSA) is 67.9 Å². The summed E-state index contributed by atoms with van der Waals surface area (Å²) in [4.78, 5) is 27.5. The molecule has 2 atom stereocenters. The number of amides is 2. The Morgan fingerprint density at radius 1 is 1.19 bits per heavy atom. The smallest absolute Gasteiger partial charge is 0.251 e. The van der Waals surface area contributed by atoms with Crippen molar-refractivity contribution in [1.82, 2.24) is 10.2 Å². The average molecular weight is 423 g/mol. The number of benzene rings is 2.